The summed E-state index contributed by atoms with van der Waals surface area (Å²) >= 11 is 0. The molecule has 0 radical (unpaired) electrons. The van der Waals surface area contributed by atoms with Crippen LogP contribution in [0.3, 0.4) is 0 Å². The quantitative estimate of drug-likeness (QED) is 0.831. The highest BCUT2D eigenvalue weighted by Gasteiger charge is 2.22. The number of hydrogen-bond donors (Lipinski definition) is 2. The fourth-order valence-electron chi connectivity index (χ4n) is 1.87. The molecule has 0 heterocycles. The van der Waals surface area contributed by atoms with Crippen molar-refractivity contribution in [2.75, 3.05) is 6.54 Å². The van der Waals surface area contributed by atoms with Gasteiger partial charge in [-0.3, -0.25) is 4.79 Å². The van der Waals surface area contributed by atoms with Crippen molar-refractivity contribution in [2.45, 2.75) is 38.3 Å². The van der Waals surface area contributed by atoms with E-state index in [-0.39, 0.29) is 11.9 Å². The van der Waals surface area contributed by atoms with Crippen LogP contribution in [0, 0.1) is 11.6 Å². The minimum atomic E-state index is -0.588. The molecular weight excluding hydrogens is 250 g/mol. The van der Waals surface area contributed by atoms with Crippen LogP contribution in [0.25, 0.3) is 0 Å². The zero-order valence-electron chi connectivity index (χ0n) is 10.9. The number of halogens is 2. The summed E-state index contributed by atoms with van der Waals surface area (Å²) in [4.78, 5) is 11.4. The lowest BCUT2D eigenvalue weighted by Crippen LogP contribution is -2.30. The monoisotopic (exact) mass is 268 g/mol. The Morgan fingerprint density at radius 3 is 2.53 bits per heavy atom. The number of carbonyl (C=O) groups excluding carboxylic acids is 1. The van der Waals surface area contributed by atoms with Crippen LogP contribution in [0.2, 0.25) is 0 Å². The molecule has 19 heavy (non-hydrogen) atoms. The minimum Gasteiger partial charge on any atom is -0.353 e. The maximum atomic E-state index is 13.1. The summed E-state index contributed by atoms with van der Waals surface area (Å²) in [5.74, 6) is -1.15. The summed E-state index contributed by atoms with van der Waals surface area (Å²) < 4.78 is 26.1. The van der Waals surface area contributed by atoms with Gasteiger partial charge in [-0.25, -0.2) is 8.78 Å². The molecule has 1 aromatic rings. The molecule has 3 nitrogen and oxygen atoms in total. The van der Waals surface area contributed by atoms with Crippen molar-refractivity contribution in [3.05, 3.63) is 35.4 Å². The summed E-state index contributed by atoms with van der Waals surface area (Å²) in [5, 5.41) is 5.97. The number of hydrogen-bond acceptors (Lipinski definition) is 2. The average Bonchev–Trinajstić information content (AvgIpc) is 3.11. The summed E-state index contributed by atoms with van der Waals surface area (Å²) in [6.07, 6.45) is 2.51. The van der Waals surface area contributed by atoms with Crippen LogP contribution in [0.15, 0.2) is 18.2 Å². The molecule has 1 amide bonds. The Morgan fingerprint density at radius 2 is 1.95 bits per heavy atom. The average molecular weight is 268 g/mol. The minimum absolute atomic E-state index is 0.0209. The second-order valence-electron chi connectivity index (χ2n) is 4.97. The first-order chi connectivity index (χ1) is 9.04. The van der Waals surface area contributed by atoms with Gasteiger partial charge < -0.3 is 10.6 Å². The third kappa shape index (κ3) is 4.59. The molecule has 1 aliphatic rings. The molecule has 0 saturated heterocycles. The molecule has 2 rings (SSSR count). The van der Waals surface area contributed by atoms with Crippen molar-refractivity contribution in [2.24, 2.45) is 0 Å². The molecule has 104 valence electrons. The van der Waals surface area contributed by atoms with E-state index < -0.39 is 11.6 Å². The number of rotatable bonds is 6. The zero-order valence-corrected chi connectivity index (χ0v) is 10.9. The van der Waals surface area contributed by atoms with Gasteiger partial charge in [0.2, 0.25) is 5.91 Å². The molecule has 1 aromatic carbocycles. The first-order valence-electron chi connectivity index (χ1n) is 6.53. The van der Waals surface area contributed by atoms with Gasteiger partial charge in [-0.1, -0.05) is 0 Å². The van der Waals surface area contributed by atoms with Crippen molar-refractivity contribution in [3.8, 4) is 0 Å². The predicted octanol–water partition coefficient (Wildman–Crippen LogP) is 2.28. The van der Waals surface area contributed by atoms with Crippen molar-refractivity contribution < 1.29 is 13.6 Å². The lowest BCUT2D eigenvalue weighted by molar-refractivity contribution is -0.121. The summed E-state index contributed by atoms with van der Waals surface area (Å²) in [6, 6.07) is 3.61. The van der Waals surface area contributed by atoms with Crippen molar-refractivity contribution in [1.29, 1.82) is 0 Å². The van der Waals surface area contributed by atoms with Crippen molar-refractivity contribution >= 4 is 5.91 Å². The fraction of sp³-hybridized carbons (Fsp3) is 0.500. The van der Waals surface area contributed by atoms with Gasteiger partial charge in [-0.2, -0.15) is 0 Å². The molecule has 1 unspecified atom stereocenters. The molecule has 0 bridgehead atoms. The van der Waals surface area contributed by atoms with Crippen LogP contribution in [-0.2, 0) is 4.79 Å². The summed E-state index contributed by atoms with van der Waals surface area (Å²) in [7, 11) is 0. The SMILES string of the molecule is CC(NCCC(=O)NC1CC1)c1cc(F)cc(F)c1. The van der Waals surface area contributed by atoms with Crippen molar-refractivity contribution in [1.82, 2.24) is 10.6 Å². The molecule has 1 fully saturated rings. The fourth-order valence-corrected chi connectivity index (χ4v) is 1.87. The third-order valence-electron chi connectivity index (χ3n) is 3.13. The molecule has 1 atom stereocenters. The molecule has 1 aliphatic carbocycles. The van der Waals surface area contributed by atoms with Crippen molar-refractivity contribution in [3.63, 3.8) is 0 Å². The van der Waals surface area contributed by atoms with Crippen LogP contribution in [0.5, 0.6) is 0 Å². The highest BCUT2D eigenvalue weighted by Crippen LogP contribution is 2.18. The molecule has 1 saturated carbocycles. The number of amides is 1. The van der Waals surface area contributed by atoms with Gasteiger partial charge in [0.05, 0.1) is 0 Å². The Bertz CT molecular complexity index is 441. The van der Waals surface area contributed by atoms with E-state index in [0.29, 0.717) is 24.6 Å². The Labute approximate surface area is 111 Å². The topological polar surface area (TPSA) is 41.1 Å². The van der Waals surface area contributed by atoms with E-state index in [1.54, 1.807) is 0 Å². The standard InChI is InChI=1S/C14H18F2N2O/c1-9(10-6-11(15)8-12(16)7-10)17-5-4-14(19)18-13-2-3-13/h6-9,13,17H,2-5H2,1H3,(H,18,19). The first-order valence-corrected chi connectivity index (χ1v) is 6.53. The van der Waals surface area contributed by atoms with Crippen LogP contribution in [-0.4, -0.2) is 18.5 Å². The largest absolute Gasteiger partial charge is 0.353 e. The number of carbonyl (C=O) groups is 1. The maximum absolute atomic E-state index is 13.1. The lowest BCUT2D eigenvalue weighted by Gasteiger charge is -2.14. The third-order valence-corrected chi connectivity index (χ3v) is 3.13. The highest BCUT2D eigenvalue weighted by atomic mass is 19.1. The second-order valence-corrected chi connectivity index (χ2v) is 4.97. The van der Waals surface area contributed by atoms with E-state index in [0.717, 1.165) is 18.9 Å². The van der Waals surface area contributed by atoms with Gasteiger partial charge in [0, 0.05) is 31.1 Å². The number of benzene rings is 1. The lowest BCUT2D eigenvalue weighted by atomic mass is 10.1. The predicted molar refractivity (Wildman–Crippen MR) is 68.6 cm³/mol. The second kappa shape index (κ2) is 6.10. The van der Waals surface area contributed by atoms with E-state index in [4.69, 9.17) is 0 Å². The molecular formula is C14H18F2N2O. The van der Waals surface area contributed by atoms with E-state index in [1.165, 1.54) is 12.1 Å². The van der Waals surface area contributed by atoms with E-state index in [2.05, 4.69) is 10.6 Å². The zero-order chi connectivity index (χ0) is 13.8. The smallest absolute Gasteiger partial charge is 0.221 e. The summed E-state index contributed by atoms with van der Waals surface area (Å²) in [6.45, 7) is 2.30. The Morgan fingerprint density at radius 1 is 1.32 bits per heavy atom. The van der Waals surface area contributed by atoms with Gasteiger partial charge in [-0.05, 0) is 37.5 Å². The van der Waals surface area contributed by atoms with E-state index in [1.807, 2.05) is 6.92 Å². The maximum Gasteiger partial charge on any atom is 0.221 e. The summed E-state index contributed by atoms with van der Waals surface area (Å²) in [5.41, 5.74) is 0.542. The van der Waals surface area contributed by atoms with Gasteiger partial charge in [0.15, 0.2) is 0 Å². The van der Waals surface area contributed by atoms with Gasteiger partial charge >= 0.3 is 0 Å². The first kappa shape index (κ1) is 13.9. The Balaban J connectivity index is 1.76. The molecule has 0 spiro atoms. The molecule has 5 heteroatoms. The van der Waals surface area contributed by atoms with Gasteiger partial charge in [0.25, 0.3) is 0 Å². The molecule has 0 aromatic heterocycles. The molecule has 2 N–H and O–H groups in total. The van der Waals surface area contributed by atoms with Crippen LogP contribution in [0.1, 0.15) is 37.8 Å². The molecule has 0 aliphatic heterocycles. The van der Waals surface area contributed by atoms with Crippen LogP contribution < -0.4 is 10.6 Å². The van der Waals surface area contributed by atoms with Gasteiger partial charge in [0.1, 0.15) is 11.6 Å². The highest BCUT2D eigenvalue weighted by molar-refractivity contribution is 5.76. The van der Waals surface area contributed by atoms with E-state index >= 15 is 0 Å². The normalized spacial score (nSPS) is 16.2. The van der Waals surface area contributed by atoms with Gasteiger partial charge in [-0.15, -0.1) is 0 Å². The Kier molecular flexibility index (Phi) is 4.47. The Hall–Kier alpha value is -1.49. The van der Waals surface area contributed by atoms with Crippen LogP contribution >= 0.6 is 0 Å². The van der Waals surface area contributed by atoms with E-state index in [9.17, 15) is 13.6 Å². The number of nitrogens with one attached hydrogen (secondary N) is 2. The van der Waals surface area contributed by atoms with Crippen LogP contribution in [0.4, 0.5) is 8.78 Å².